The van der Waals surface area contributed by atoms with Crippen LogP contribution in [0.1, 0.15) is 16.7 Å². The molecule has 3 rings (SSSR count). The highest BCUT2D eigenvalue weighted by Crippen LogP contribution is 2.21. The van der Waals surface area contributed by atoms with E-state index in [0.29, 0.717) is 25.3 Å². The normalized spacial score (nSPS) is 10.9. The van der Waals surface area contributed by atoms with Crippen molar-refractivity contribution in [3.05, 3.63) is 75.6 Å². The van der Waals surface area contributed by atoms with Gasteiger partial charge in [-0.25, -0.2) is 4.79 Å². The molecule has 1 heterocycles. The fourth-order valence-corrected chi connectivity index (χ4v) is 2.61. The Balaban J connectivity index is 1.64. The first-order valence-electron chi connectivity index (χ1n) is 8.06. The second-order valence-electron chi connectivity index (χ2n) is 5.86. The molecule has 0 aliphatic carbocycles. The van der Waals surface area contributed by atoms with Crippen LogP contribution in [0.3, 0.4) is 0 Å². The lowest BCUT2D eigenvalue weighted by Gasteiger charge is -2.10. The summed E-state index contributed by atoms with van der Waals surface area (Å²) in [6.45, 7) is 5.94. The van der Waals surface area contributed by atoms with Crippen LogP contribution in [-0.4, -0.2) is 13.2 Å². The van der Waals surface area contributed by atoms with E-state index in [1.807, 2.05) is 43.3 Å². The number of benzene rings is 2. The largest absolute Gasteiger partial charge is 0.492 e. The fourth-order valence-electron chi connectivity index (χ4n) is 2.61. The van der Waals surface area contributed by atoms with E-state index in [2.05, 4.69) is 18.3 Å². The summed E-state index contributed by atoms with van der Waals surface area (Å²) in [5.74, 6) is 0.858. The number of hydrogen-bond donors (Lipinski definition) is 1. The quantitative estimate of drug-likeness (QED) is 0.556. The lowest BCUT2D eigenvalue weighted by molar-refractivity contribution is 0.313. The molecule has 124 valence electrons. The van der Waals surface area contributed by atoms with Gasteiger partial charge in [-0.1, -0.05) is 18.2 Å². The van der Waals surface area contributed by atoms with Gasteiger partial charge in [0.15, 0.2) is 0 Å². The highest BCUT2D eigenvalue weighted by atomic mass is 16.5. The lowest BCUT2D eigenvalue weighted by atomic mass is 10.0. The van der Waals surface area contributed by atoms with E-state index in [0.717, 1.165) is 22.3 Å². The molecule has 3 aromatic rings. The van der Waals surface area contributed by atoms with Crippen molar-refractivity contribution in [3.63, 3.8) is 0 Å². The van der Waals surface area contributed by atoms with Crippen molar-refractivity contribution in [2.75, 3.05) is 13.2 Å². The van der Waals surface area contributed by atoms with Crippen molar-refractivity contribution in [2.45, 2.75) is 20.4 Å². The predicted molar refractivity (Wildman–Crippen MR) is 95.6 cm³/mol. The zero-order valence-corrected chi connectivity index (χ0v) is 14.0. The summed E-state index contributed by atoms with van der Waals surface area (Å²) < 4.78 is 11.0. The molecule has 0 spiro atoms. The van der Waals surface area contributed by atoms with E-state index < -0.39 is 0 Å². The summed E-state index contributed by atoms with van der Waals surface area (Å²) >= 11 is 0. The van der Waals surface area contributed by atoms with Gasteiger partial charge in [0, 0.05) is 24.5 Å². The molecule has 2 aromatic carbocycles. The molecule has 0 atom stereocenters. The third kappa shape index (κ3) is 3.84. The average molecular weight is 323 g/mol. The van der Waals surface area contributed by atoms with Crippen molar-refractivity contribution in [1.82, 2.24) is 5.32 Å². The van der Waals surface area contributed by atoms with Crippen molar-refractivity contribution < 1.29 is 9.15 Å². The summed E-state index contributed by atoms with van der Waals surface area (Å²) in [7, 11) is 0. The zero-order valence-electron chi connectivity index (χ0n) is 14.0. The van der Waals surface area contributed by atoms with Gasteiger partial charge in [0.1, 0.15) is 17.9 Å². The van der Waals surface area contributed by atoms with Crippen molar-refractivity contribution in [1.29, 1.82) is 0 Å². The van der Waals surface area contributed by atoms with E-state index in [1.165, 1.54) is 5.56 Å². The molecule has 4 nitrogen and oxygen atoms in total. The molecule has 4 heteroatoms. The Kier molecular flexibility index (Phi) is 4.96. The molecule has 0 saturated carbocycles. The highest BCUT2D eigenvalue weighted by Gasteiger charge is 2.07. The zero-order chi connectivity index (χ0) is 16.9. The minimum atomic E-state index is -0.317. The maximum Gasteiger partial charge on any atom is 0.336 e. The summed E-state index contributed by atoms with van der Waals surface area (Å²) in [5, 5.41) is 4.30. The van der Waals surface area contributed by atoms with Gasteiger partial charge < -0.3 is 14.5 Å². The third-order valence-corrected chi connectivity index (χ3v) is 4.05. The smallest absolute Gasteiger partial charge is 0.336 e. The van der Waals surface area contributed by atoms with Crippen LogP contribution >= 0.6 is 0 Å². The molecule has 0 saturated heterocycles. The van der Waals surface area contributed by atoms with E-state index in [-0.39, 0.29) is 5.63 Å². The standard InChI is InChI=1S/C20H21NO3/c1-14-10-18-16(12-20(22)24-19(18)11-15(14)2)13-21-8-9-23-17-6-4-3-5-7-17/h3-7,10-12,21H,8-9,13H2,1-2H3. The topological polar surface area (TPSA) is 51.5 Å². The minimum absolute atomic E-state index is 0.317. The molecular weight excluding hydrogens is 302 g/mol. The van der Waals surface area contributed by atoms with Crippen LogP contribution in [0, 0.1) is 13.8 Å². The van der Waals surface area contributed by atoms with Gasteiger partial charge >= 0.3 is 5.63 Å². The second kappa shape index (κ2) is 7.32. The molecule has 0 aliphatic rings. The number of fused-ring (bicyclic) bond motifs is 1. The molecule has 24 heavy (non-hydrogen) atoms. The van der Waals surface area contributed by atoms with Crippen molar-refractivity contribution >= 4 is 11.0 Å². The number of hydrogen-bond acceptors (Lipinski definition) is 4. The summed E-state index contributed by atoms with van der Waals surface area (Å²) in [6, 6.07) is 15.3. The molecule has 1 aromatic heterocycles. The first-order chi connectivity index (χ1) is 11.6. The maximum absolute atomic E-state index is 11.8. The monoisotopic (exact) mass is 323 g/mol. The summed E-state index contributed by atoms with van der Waals surface area (Å²) in [6.07, 6.45) is 0. The van der Waals surface area contributed by atoms with Gasteiger partial charge in [0.25, 0.3) is 0 Å². The van der Waals surface area contributed by atoms with Crippen LogP contribution in [-0.2, 0) is 6.54 Å². The lowest BCUT2D eigenvalue weighted by Crippen LogP contribution is -2.21. The molecule has 0 radical (unpaired) electrons. The van der Waals surface area contributed by atoms with Crippen LogP contribution in [0.5, 0.6) is 5.75 Å². The molecule has 0 unspecified atom stereocenters. The Hall–Kier alpha value is -2.59. The second-order valence-corrected chi connectivity index (χ2v) is 5.86. The van der Waals surface area contributed by atoms with Crippen LogP contribution in [0.4, 0.5) is 0 Å². The Bertz CT molecular complexity index is 885. The number of aryl methyl sites for hydroxylation is 2. The molecule has 0 fully saturated rings. The van der Waals surface area contributed by atoms with E-state index in [4.69, 9.17) is 9.15 Å². The molecule has 0 amide bonds. The fraction of sp³-hybridized carbons (Fsp3) is 0.250. The Morgan fingerprint density at radius 2 is 1.79 bits per heavy atom. The number of ether oxygens (including phenoxy) is 1. The number of rotatable bonds is 6. The van der Waals surface area contributed by atoms with E-state index in [1.54, 1.807) is 6.07 Å². The van der Waals surface area contributed by atoms with Crippen molar-refractivity contribution in [3.8, 4) is 5.75 Å². The maximum atomic E-state index is 11.8. The Morgan fingerprint density at radius 1 is 1.04 bits per heavy atom. The SMILES string of the molecule is Cc1cc2oc(=O)cc(CNCCOc3ccccc3)c2cc1C. The van der Waals surface area contributed by atoms with Gasteiger partial charge in [-0.2, -0.15) is 0 Å². The highest BCUT2D eigenvalue weighted by molar-refractivity contribution is 5.81. The van der Waals surface area contributed by atoms with E-state index >= 15 is 0 Å². The first-order valence-corrected chi connectivity index (χ1v) is 8.06. The predicted octanol–water partition coefficient (Wildman–Crippen LogP) is 3.58. The molecule has 0 bridgehead atoms. The van der Waals surface area contributed by atoms with Crippen LogP contribution in [0.2, 0.25) is 0 Å². The molecule has 1 N–H and O–H groups in total. The van der Waals surface area contributed by atoms with Crippen LogP contribution in [0.25, 0.3) is 11.0 Å². The van der Waals surface area contributed by atoms with Gasteiger partial charge in [0.2, 0.25) is 0 Å². The summed E-state index contributed by atoms with van der Waals surface area (Å²) in [5.41, 5.74) is 3.58. The van der Waals surface area contributed by atoms with Gasteiger partial charge in [-0.15, -0.1) is 0 Å². The van der Waals surface area contributed by atoms with Gasteiger partial charge in [0.05, 0.1) is 0 Å². The number of para-hydroxylation sites is 1. The Labute approximate surface area is 141 Å². The third-order valence-electron chi connectivity index (χ3n) is 4.05. The first kappa shape index (κ1) is 16.3. The van der Waals surface area contributed by atoms with Gasteiger partial charge in [-0.3, -0.25) is 0 Å². The average Bonchev–Trinajstić information content (AvgIpc) is 2.57. The number of nitrogens with one attached hydrogen (secondary N) is 1. The van der Waals surface area contributed by atoms with Crippen LogP contribution < -0.4 is 15.7 Å². The van der Waals surface area contributed by atoms with Crippen molar-refractivity contribution in [2.24, 2.45) is 0 Å². The van der Waals surface area contributed by atoms with Gasteiger partial charge in [-0.05, 0) is 54.8 Å². The van der Waals surface area contributed by atoms with E-state index in [9.17, 15) is 4.79 Å². The Morgan fingerprint density at radius 3 is 2.58 bits per heavy atom. The van der Waals surface area contributed by atoms with Crippen LogP contribution in [0.15, 0.2) is 57.7 Å². The summed E-state index contributed by atoms with van der Waals surface area (Å²) in [4.78, 5) is 11.8. The minimum Gasteiger partial charge on any atom is -0.492 e. The molecular formula is C20H21NO3. The molecule has 0 aliphatic heterocycles.